The van der Waals surface area contributed by atoms with E-state index in [-0.39, 0.29) is 5.97 Å². The first kappa shape index (κ1) is 12.5. The summed E-state index contributed by atoms with van der Waals surface area (Å²) >= 11 is 1.57. The van der Waals surface area contributed by atoms with Crippen LogP contribution in [0.15, 0.2) is 29.2 Å². The summed E-state index contributed by atoms with van der Waals surface area (Å²) in [6, 6.07) is 3.39. The lowest BCUT2D eigenvalue weighted by molar-refractivity contribution is 0.0601. The molecule has 0 atom stereocenters. The van der Waals surface area contributed by atoms with Crippen molar-refractivity contribution >= 4 is 23.1 Å². The molecule has 0 saturated heterocycles. The number of ether oxygens (including phenoxy) is 1. The average Bonchev–Trinajstić information content (AvgIpc) is 2.92. The lowest BCUT2D eigenvalue weighted by Crippen LogP contribution is -2.12. The third-order valence-corrected chi connectivity index (χ3v) is 3.01. The van der Waals surface area contributed by atoms with Gasteiger partial charge in [0.1, 0.15) is 11.4 Å². The van der Waals surface area contributed by atoms with Gasteiger partial charge in [0.05, 0.1) is 18.3 Å². The van der Waals surface area contributed by atoms with E-state index in [1.54, 1.807) is 35.2 Å². The van der Waals surface area contributed by atoms with Crippen molar-refractivity contribution in [2.24, 2.45) is 0 Å². The molecule has 2 rings (SSSR count). The van der Waals surface area contributed by atoms with Gasteiger partial charge in [-0.1, -0.05) is 0 Å². The van der Waals surface area contributed by atoms with Gasteiger partial charge in [-0.3, -0.25) is 0 Å². The SMILES string of the molecule is COC(=O)c1cccnc1NCCc1cscn1. The first-order valence-corrected chi connectivity index (χ1v) is 6.40. The molecule has 6 heteroatoms. The second-order valence-corrected chi connectivity index (χ2v) is 4.27. The van der Waals surface area contributed by atoms with Crippen LogP contribution in [0.3, 0.4) is 0 Å². The summed E-state index contributed by atoms with van der Waals surface area (Å²) in [5.74, 6) is 0.152. The Morgan fingerprint density at radius 3 is 3.11 bits per heavy atom. The molecular weight excluding hydrogens is 250 g/mol. The molecule has 0 unspecified atom stereocenters. The van der Waals surface area contributed by atoms with Crippen molar-refractivity contribution in [2.75, 3.05) is 19.0 Å². The average molecular weight is 263 g/mol. The maximum atomic E-state index is 11.5. The fraction of sp³-hybridized carbons (Fsp3) is 0.250. The monoisotopic (exact) mass is 263 g/mol. The van der Waals surface area contributed by atoms with Crippen molar-refractivity contribution in [1.29, 1.82) is 0 Å². The Balaban J connectivity index is 1.98. The highest BCUT2D eigenvalue weighted by Crippen LogP contribution is 2.12. The molecule has 18 heavy (non-hydrogen) atoms. The fourth-order valence-electron chi connectivity index (χ4n) is 1.49. The van der Waals surface area contributed by atoms with Crippen LogP contribution in [-0.2, 0) is 11.2 Å². The van der Waals surface area contributed by atoms with Gasteiger partial charge in [-0.05, 0) is 12.1 Å². The number of thiazole rings is 1. The van der Waals surface area contributed by atoms with Crippen LogP contribution in [0.4, 0.5) is 5.82 Å². The molecule has 0 aliphatic carbocycles. The first-order chi connectivity index (χ1) is 8.81. The third-order valence-electron chi connectivity index (χ3n) is 2.37. The predicted molar refractivity (Wildman–Crippen MR) is 69.9 cm³/mol. The lowest BCUT2D eigenvalue weighted by Gasteiger charge is -2.08. The molecule has 2 aromatic rings. The molecule has 2 aromatic heterocycles. The van der Waals surface area contributed by atoms with Gasteiger partial charge >= 0.3 is 5.97 Å². The van der Waals surface area contributed by atoms with Gasteiger partial charge in [-0.25, -0.2) is 14.8 Å². The van der Waals surface area contributed by atoms with E-state index in [1.165, 1.54) is 7.11 Å². The maximum Gasteiger partial charge on any atom is 0.341 e. The molecule has 0 aliphatic heterocycles. The van der Waals surface area contributed by atoms with Gasteiger partial charge in [-0.2, -0.15) is 0 Å². The van der Waals surface area contributed by atoms with E-state index in [1.807, 2.05) is 5.38 Å². The molecule has 0 bridgehead atoms. The summed E-state index contributed by atoms with van der Waals surface area (Å²) in [6.45, 7) is 0.671. The van der Waals surface area contributed by atoms with E-state index < -0.39 is 0 Å². The van der Waals surface area contributed by atoms with Gasteiger partial charge in [0.25, 0.3) is 0 Å². The van der Waals surface area contributed by atoms with Crippen molar-refractivity contribution in [3.05, 3.63) is 40.5 Å². The number of esters is 1. The molecule has 0 amide bonds. The van der Waals surface area contributed by atoms with Crippen LogP contribution in [0.2, 0.25) is 0 Å². The van der Waals surface area contributed by atoms with Crippen LogP contribution >= 0.6 is 11.3 Å². The van der Waals surface area contributed by atoms with Crippen molar-refractivity contribution in [1.82, 2.24) is 9.97 Å². The molecule has 0 saturated carbocycles. The first-order valence-electron chi connectivity index (χ1n) is 5.45. The van der Waals surface area contributed by atoms with Crippen molar-refractivity contribution < 1.29 is 9.53 Å². The maximum absolute atomic E-state index is 11.5. The van der Waals surface area contributed by atoms with Crippen LogP contribution < -0.4 is 5.32 Å². The van der Waals surface area contributed by atoms with Crippen molar-refractivity contribution in [3.8, 4) is 0 Å². The summed E-state index contributed by atoms with van der Waals surface area (Å²) < 4.78 is 4.70. The molecule has 0 fully saturated rings. The number of hydrogen-bond donors (Lipinski definition) is 1. The van der Waals surface area contributed by atoms with Gasteiger partial charge in [0, 0.05) is 24.5 Å². The van der Waals surface area contributed by atoms with Crippen molar-refractivity contribution in [2.45, 2.75) is 6.42 Å². The Morgan fingerprint density at radius 1 is 1.50 bits per heavy atom. The predicted octanol–water partition coefficient (Wildman–Crippen LogP) is 1.98. The van der Waals surface area contributed by atoms with Gasteiger partial charge in [-0.15, -0.1) is 11.3 Å². The van der Waals surface area contributed by atoms with Gasteiger partial charge in [0.15, 0.2) is 0 Å². The van der Waals surface area contributed by atoms with Crippen LogP contribution in [0, 0.1) is 0 Å². The zero-order chi connectivity index (χ0) is 12.8. The molecule has 94 valence electrons. The van der Waals surface area contributed by atoms with Crippen LogP contribution in [-0.4, -0.2) is 29.6 Å². The van der Waals surface area contributed by atoms with Gasteiger partial charge < -0.3 is 10.1 Å². The highest BCUT2D eigenvalue weighted by Gasteiger charge is 2.11. The number of aromatic nitrogens is 2. The van der Waals surface area contributed by atoms with Crippen LogP contribution in [0.25, 0.3) is 0 Å². The standard InChI is InChI=1S/C12H13N3O2S/c1-17-12(16)10-3-2-5-13-11(10)14-6-4-9-7-18-8-15-9/h2-3,5,7-8H,4,6H2,1H3,(H,13,14). The van der Waals surface area contributed by atoms with E-state index in [4.69, 9.17) is 4.74 Å². The Bertz CT molecular complexity index is 514. The molecule has 0 radical (unpaired) electrons. The largest absolute Gasteiger partial charge is 0.465 e. The third kappa shape index (κ3) is 3.04. The quantitative estimate of drug-likeness (QED) is 0.836. The van der Waals surface area contributed by atoms with Crippen molar-refractivity contribution in [3.63, 3.8) is 0 Å². The molecule has 0 spiro atoms. The Kier molecular flexibility index (Phi) is 4.25. The summed E-state index contributed by atoms with van der Waals surface area (Å²) in [5, 5.41) is 5.12. The molecular formula is C12H13N3O2S. The number of rotatable bonds is 5. The number of carbonyl (C=O) groups excluding carboxylic acids is 1. The second kappa shape index (κ2) is 6.11. The summed E-state index contributed by atoms with van der Waals surface area (Å²) in [7, 11) is 1.36. The van der Waals surface area contributed by atoms with E-state index in [0.29, 0.717) is 17.9 Å². The molecule has 5 nitrogen and oxygen atoms in total. The zero-order valence-electron chi connectivity index (χ0n) is 9.92. The number of methoxy groups -OCH3 is 1. The van der Waals surface area contributed by atoms with Crippen LogP contribution in [0.1, 0.15) is 16.1 Å². The zero-order valence-corrected chi connectivity index (χ0v) is 10.7. The number of nitrogens with one attached hydrogen (secondary N) is 1. The molecule has 2 heterocycles. The van der Waals surface area contributed by atoms with E-state index in [0.717, 1.165) is 12.1 Å². The molecule has 0 aromatic carbocycles. The summed E-state index contributed by atoms with van der Waals surface area (Å²) in [6.07, 6.45) is 2.43. The highest BCUT2D eigenvalue weighted by molar-refractivity contribution is 7.07. The molecule has 1 N–H and O–H groups in total. The van der Waals surface area contributed by atoms with E-state index in [2.05, 4.69) is 15.3 Å². The van der Waals surface area contributed by atoms with Crippen LogP contribution in [0.5, 0.6) is 0 Å². The number of anilines is 1. The molecule has 0 aliphatic rings. The Morgan fingerprint density at radius 2 is 2.39 bits per heavy atom. The normalized spacial score (nSPS) is 10.1. The van der Waals surface area contributed by atoms with Gasteiger partial charge in [0.2, 0.25) is 0 Å². The Labute approximate surface area is 109 Å². The smallest absolute Gasteiger partial charge is 0.341 e. The minimum Gasteiger partial charge on any atom is -0.465 e. The number of pyridine rings is 1. The summed E-state index contributed by atoms with van der Waals surface area (Å²) in [4.78, 5) is 19.8. The number of nitrogens with zero attached hydrogens (tertiary/aromatic N) is 2. The van der Waals surface area contributed by atoms with E-state index in [9.17, 15) is 4.79 Å². The Hall–Kier alpha value is -1.95. The fourth-order valence-corrected chi connectivity index (χ4v) is 2.08. The minimum absolute atomic E-state index is 0.390. The topological polar surface area (TPSA) is 64.1 Å². The lowest BCUT2D eigenvalue weighted by atomic mass is 10.2. The minimum atomic E-state index is -0.390. The second-order valence-electron chi connectivity index (χ2n) is 3.55. The number of carbonyl (C=O) groups is 1. The highest BCUT2D eigenvalue weighted by atomic mass is 32.1. The number of hydrogen-bond acceptors (Lipinski definition) is 6. The summed E-state index contributed by atoms with van der Waals surface area (Å²) in [5.41, 5.74) is 3.28. The van der Waals surface area contributed by atoms with E-state index >= 15 is 0 Å².